The van der Waals surface area contributed by atoms with Crippen LogP contribution in [0, 0.1) is 0 Å². The summed E-state index contributed by atoms with van der Waals surface area (Å²) in [7, 11) is 0. The van der Waals surface area contributed by atoms with Gasteiger partial charge in [0.25, 0.3) is 0 Å². The standard InChI is InChI=1S/C75H60O30/c76-28-16-42(89)50-48(18-28)100-67(24-2-7-32(79)38(85)12-24)63(96)55(50)53-45(92)22-46(93)54-57(65(98)68(102-71(53)54)25-3-8-33(80)39(86)13-25)60-62(95)59-56(52-44(91)21-36(83)30-20-47(94)66(101-70(30)52)23-1-6-31(78)37(84)11-23)64(97)69(26-4-9-34(81)40(87)14-26)103-72(59)61-58-51-43(90)17-29(77)19-49(51)104-75(74(58)99,105-73(60)61)27-5-10-35(82)41(88)15-27/h1-19,21-22,47,55-58,63-69,74,76-99H,20H2. The predicted molar refractivity (Wildman–Crippen MR) is 354 cm³/mol. The first kappa shape index (κ1) is 66.5. The Balaban J connectivity index is 1.06. The Labute approximate surface area is 588 Å². The summed E-state index contributed by atoms with van der Waals surface area (Å²) < 4.78 is 40.4. The van der Waals surface area contributed by atoms with Crippen molar-refractivity contribution < 1.29 is 151 Å². The molecule has 14 atom stereocenters. The lowest BCUT2D eigenvalue weighted by atomic mass is 9.68. The van der Waals surface area contributed by atoms with Crippen molar-refractivity contribution >= 4 is 0 Å². The minimum atomic E-state index is -2.91. The van der Waals surface area contributed by atoms with Gasteiger partial charge in [-0.15, -0.1) is 0 Å². The van der Waals surface area contributed by atoms with E-state index in [1.54, 1.807) is 0 Å². The highest BCUT2D eigenvalue weighted by Gasteiger charge is 2.63. The number of ether oxygens (including phenoxy) is 6. The summed E-state index contributed by atoms with van der Waals surface area (Å²) >= 11 is 0. The van der Waals surface area contributed by atoms with Gasteiger partial charge in [0.05, 0.1) is 29.8 Å². The topological polar surface area (TPSA) is 541 Å². The zero-order chi connectivity index (χ0) is 74.3. The van der Waals surface area contributed by atoms with Gasteiger partial charge in [-0.25, -0.2) is 0 Å². The molecule has 0 radical (unpaired) electrons. The Kier molecular flexibility index (Phi) is 14.9. The molecule has 30 heteroatoms. The van der Waals surface area contributed by atoms with Gasteiger partial charge in [0.1, 0.15) is 117 Å². The minimum absolute atomic E-state index is 0.0171. The van der Waals surface area contributed by atoms with E-state index in [0.29, 0.717) is 6.07 Å². The fourth-order valence-electron chi connectivity index (χ4n) is 15.8. The number of benzene rings is 10. The maximum atomic E-state index is 14.5. The van der Waals surface area contributed by atoms with Crippen LogP contribution in [0.4, 0.5) is 0 Å². The smallest absolute Gasteiger partial charge is 0.305 e. The van der Waals surface area contributed by atoms with E-state index in [1.807, 2.05) is 0 Å². The molecule has 16 rings (SSSR count). The lowest BCUT2D eigenvalue weighted by Gasteiger charge is -2.52. The fourth-order valence-corrected chi connectivity index (χ4v) is 15.8. The molecule has 6 aliphatic rings. The summed E-state index contributed by atoms with van der Waals surface area (Å²) in [6.45, 7) is 0. The quantitative estimate of drug-likeness (QED) is 0.0672. The van der Waals surface area contributed by atoms with Gasteiger partial charge < -0.3 is 151 Å². The van der Waals surface area contributed by atoms with Gasteiger partial charge in [-0.1, -0.05) is 24.3 Å². The van der Waals surface area contributed by atoms with E-state index in [2.05, 4.69) is 0 Å². The molecule has 0 amide bonds. The Morgan fingerprint density at radius 1 is 0.276 bits per heavy atom. The number of aromatic hydroxyl groups is 19. The number of phenolic OH excluding ortho intramolecular Hbond substituents is 19. The summed E-state index contributed by atoms with van der Waals surface area (Å²) in [5.74, 6) is -30.3. The van der Waals surface area contributed by atoms with Crippen LogP contribution in [0.15, 0.2) is 127 Å². The first-order valence-electron chi connectivity index (χ1n) is 32.2. The Bertz CT molecular complexity index is 5350. The maximum Gasteiger partial charge on any atom is 0.305 e. The van der Waals surface area contributed by atoms with Crippen LogP contribution in [-0.4, -0.2) is 153 Å². The molecule has 0 aliphatic carbocycles. The Morgan fingerprint density at radius 3 is 1.12 bits per heavy atom. The lowest BCUT2D eigenvalue weighted by molar-refractivity contribution is -0.219. The van der Waals surface area contributed by atoms with Crippen LogP contribution >= 0.6 is 0 Å². The lowest BCUT2D eigenvalue weighted by Crippen LogP contribution is -2.58. The molecule has 0 spiro atoms. The van der Waals surface area contributed by atoms with Crippen molar-refractivity contribution in [1.82, 2.24) is 0 Å². The van der Waals surface area contributed by atoms with Crippen LogP contribution in [0.5, 0.6) is 144 Å². The van der Waals surface area contributed by atoms with Crippen LogP contribution in [0.3, 0.4) is 0 Å². The second-order valence-corrected chi connectivity index (χ2v) is 26.5. The van der Waals surface area contributed by atoms with Gasteiger partial charge in [0.15, 0.2) is 75.8 Å². The van der Waals surface area contributed by atoms with E-state index in [4.69, 9.17) is 28.4 Å². The molecule has 0 aromatic heterocycles. The Hall–Kier alpha value is -13.0. The van der Waals surface area contributed by atoms with E-state index in [0.717, 1.165) is 103 Å². The van der Waals surface area contributed by atoms with Gasteiger partial charge in [0.2, 0.25) is 0 Å². The third-order valence-corrected chi connectivity index (χ3v) is 20.5. The van der Waals surface area contributed by atoms with Crippen LogP contribution in [0.1, 0.15) is 126 Å². The highest BCUT2D eigenvalue weighted by molar-refractivity contribution is 5.78. The van der Waals surface area contributed by atoms with Crippen LogP contribution in [-0.2, 0) is 12.2 Å². The average molecular weight is 1440 g/mol. The third-order valence-electron chi connectivity index (χ3n) is 20.5. The molecule has 0 fully saturated rings. The first-order valence-corrected chi connectivity index (χ1v) is 32.2. The number of hydrogen-bond donors (Lipinski definition) is 24. The van der Waals surface area contributed by atoms with Crippen molar-refractivity contribution in [3.05, 3.63) is 205 Å². The van der Waals surface area contributed by atoms with Crippen molar-refractivity contribution in [2.24, 2.45) is 0 Å². The van der Waals surface area contributed by atoms with E-state index in [9.17, 15) is 123 Å². The molecule has 14 unspecified atom stereocenters. The molecular weight excluding hydrogens is 1380 g/mol. The van der Waals surface area contributed by atoms with E-state index in [-0.39, 0.29) is 27.8 Å². The molecule has 2 bridgehead atoms. The van der Waals surface area contributed by atoms with Crippen LogP contribution in [0.25, 0.3) is 0 Å². The molecule has 0 saturated carbocycles. The number of fused-ring (bicyclic) bond motifs is 11. The van der Waals surface area contributed by atoms with Gasteiger partial charge in [0, 0.05) is 98.5 Å². The fraction of sp³-hybridized carbons (Fsp3) is 0.200. The summed E-state index contributed by atoms with van der Waals surface area (Å²) in [6, 6.07) is 21.0. The maximum absolute atomic E-state index is 14.5. The predicted octanol–water partition coefficient (Wildman–Crippen LogP) is 7.14. The highest BCUT2D eigenvalue weighted by atomic mass is 16.7. The van der Waals surface area contributed by atoms with E-state index < -0.39 is 285 Å². The molecule has 10 aromatic carbocycles. The van der Waals surface area contributed by atoms with Crippen LogP contribution in [0.2, 0.25) is 0 Å². The normalized spacial score (nSPS) is 25.1. The van der Waals surface area contributed by atoms with Crippen molar-refractivity contribution in [1.29, 1.82) is 0 Å². The first-order chi connectivity index (χ1) is 49.9. The molecule has 6 heterocycles. The molecule has 540 valence electrons. The average Bonchev–Trinajstić information content (AvgIpc) is 0.677. The highest BCUT2D eigenvalue weighted by Crippen LogP contribution is 2.70. The molecule has 10 aromatic rings. The molecule has 105 heavy (non-hydrogen) atoms. The van der Waals surface area contributed by atoms with Gasteiger partial charge in [-0.2, -0.15) is 0 Å². The summed E-state index contributed by atoms with van der Waals surface area (Å²) in [5, 5.41) is 286. The Morgan fingerprint density at radius 2 is 0.648 bits per heavy atom. The number of rotatable bonds is 8. The minimum Gasteiger partial charge on any atom is -0.508 e. The summed E-state index contributed by atoms with van der Waals surface area (Å²) in [5.41, 5.74) is -6.14. The summed E-state index contributed by atoms with van der Waals surface area (Å²) in [6.07, 6.45) is -18.7. The van der Waals surface area contributed by atoms with Gasteiger partial charge in [-0.3, -0.25) is 0 Å². The van der Waals surface area contributed by atoms with Gasteiger partial charge in [-0.05, 0) is 89.0 Å². The van der Waals surface area contributed by atoms with E-state index in [1.165, 1.54) is 18.2 Å². The second-order valence-electron chi connectivity index (χ2n) is 26.5. The van der Waals surface area contributed by atoms with Crippen molar-refractivity contribution in [2.45, 2.75) is 90.8 Å². The third kappa shape index (κ3) is 9.89. The van der Waals surface area contributed by atoms with Gasteiger partial charge >= 0.3 is 5.79 Å². The number of hydrogen-bond acceptors (Lipinski definition) is 30. The number of aliphatic hydroxyl groups is 5. The summed E-state index contributed by atoms with van der Waals surface area (Å²) in [4.78, 5) is 0. The molecule has 30 nitrogen and oxygen atoms in total. The number of aliphatic hydroxyl groups excluding tert-OH is 5. The van der Waals surface area contributed by atoms with Crippen molar-refractivity contribution in [3.8, 4) is 144 Å². The van der Waals surface area contributed by atoms with Crippen molar-refractivity contribution in [2.75, 3.05) is 0 Å². The van der Waals surface area contributed by atoms with Crippen molar-refractivity contribution in [3.63, 3.8) is 0 Å². The molecule has 0 saturated heterocycles. The second kappa shape index (κ2) is 23.5. The molecular formula is C75H60O30. The zero-order valence-electron chi connectivity index (χ0n) is 53.5. The van der Waals surface area contributed by atoms with Crippen LogP contribution < -0.4 is 28.4 Å². The monoisotopic (exact) mass is 1440 g/mol. The SMILES string of the molecule is Oc1cc(O)c2c(c1)OC(c1ccc(O)c(O)c1)C(O)C2c1c(O)cc(O)c2c1OC(c1ccc(O)c(O)c1)C(O)C2c1c(O)c2c(c3c1OC1(c4ccc(O)c(O)c4)Oc4cc(O)cc(O)c4C3C1O)OC(c1ccc(O)c(O)c1)C(O)C2c1c(O)cc(O)c2c1OC(c1ccc(O)c(O)c1)C(O)C2. The number of phenols is 19. The molecule has 24 N–H and O–H groups in total. The largest absolute Gasteiger partial charge is 0.508 e. The zero-order valence-corrected chi connectivity index (χ0v) is 53.5. The van der Waals surface area contributed by atoms with E-state index >= 15 is 0 Å². The molecule has 6 aliphatic heterocycles.